The average molecular weight is 209 g/mol. The molecule has 0 atom stereocenters. The van der Waals surface area contributed by atoms with Gasteiger partial charge in [-0.1, -0.05) is 0 Å². The van der Waals surface area contributed by atoms with E-state index in [9.17, 15) is 13.2 Å². The van der Waals surface area contributed by atoms with Crippen LogP contribution in [0.3, 0.4) is 0 Å². The van der Waals surface area contributed by atoms with Crippen molar-refractivity contribution in [3.8, 4) is 0 Å². The van der Waals surface area contributed by atoms with Crippen LogP contribution in [-0.4, -0.2) is 15.6 Å². The molecule has 0 saturated carbocycles. The van der Waals surface area contributed by atoms with Crippen LogP contribution < -0.4 is 0 Å². The van der Waals surface area contributed by atoms with Crippen LogP contribution in [0.1, 0.15) is 12.5 Å². The van der Waals surface area contributed by atoms with Gasteiger partial charge < -0.3 is 9.67 Å². The van der Waals surface area contributed by atoms with Gasteiger partial charge in [0.15, 0.2) is 0 Å². The highest BCUT2D eigenvalue weighted by Gasteiger charge is 2.30. The number of alkyl halides is 3. The Labute approximate surface area is 78.8 Å². The zero-order valence-corrected chi connectivity index (χ0v) is 7.67. The number of carbonyl (C=O) groups is 1. The molecule has 1 heterocycles. The topological polar surface area (TPSA) is 42.2 Å². The first kappa shape index (κ1) is 12.5. The summed E-state index contributed by atoms with van der Waals surface area (Å²) in [6.45, 7) is 1.08. The molecular weight excluding hydrogens is 199 g/mol. The zero-order valence-electron chi connectivity index (χ0n) is 7.67. The first-order valence-electron chi connectivity index (χ1n) is 3.62. The molecule has 0 aliphatic heterocycles. The highest BCUT2D eigenvalue weighted by molar-refractivity contribution is 5.62. The van der Waals surface area contributed by atoms with Crippen LogP contribution in [0.25, 0.3) is 0 Å². The van der Waals surface area contributed by atoms with Gasteiger partial charge in [0.05, 0.1) is 5.56 Å². The highest BCUT2D eigenvalue weighted by Crippen LogP contribution is 2.28. The zero-order chi connectivity index (χ0) is 11.4. The normalized spacial score (nSPS) is 10.4. The summed E-state index contributed by atoms with van der Waals surface area (Å²) in [5.41, 5.74) is -0.602. The Morgan fingerprint density at radius 1 is 1.50 bits per heavy atom. The summed E-state index contributed by atoms with van der Waals surface area (Å²) in [5.74, 6) is -0.833. The molecule has 80 valence electrons. The molecule has 0 aliphatic carbocycles. The lowest BCUT2D eigenvalue weighted by Crippen LogP contribution is -2.02. The van der Waals surface area contributed by atoms with Gasteiger partial charge in [-0.05, 0) is 6.07 Å². The van der Waals surface area contributed by atoms with Crippen LogP contribution in [0.15, 0.2) is 18.5 Å². The molecule has 0 saturated heterocycles. The molecule has 1 rings (SSSR count). The van der Waals surface area contributed by atoms with Crippen molar-refractivity contribution in [2.75, 3.05) is 0 Å². The molecule has 14 heavy (non-hydrogen) atoms. The first-order chi connectivity index (χ1) is 6.23. The molecule has 0 fully saturated rings. The fourth-order valence-corrected chi connectivity index (χ4v) is 0.671. The molecule has 0 aliphatic rings. The largest absolute Gasteiger partial charge is 0.481 e. The van der Waals surface area contributed by atoms with Gasteiger partial charge in [0.1, 0.15) is 0 Å². The van der Waals surface area contributed by atoms with Crippen LogP contribution in [0.5, 0.6) is 0 Å². The maximum absolute atomic E-state index is 11.8. The number of aromatic nitrogens is 1. The third-order valence-electron chi connectivity index (χ3n) is 1.16. The number of rotatable bonds is 0. The summed E-state index contributed by atoms with van der Waals surface area (Å²) < 4.78 is 36.7. The van der Waals surface area contributed by atoms with E-state index in [0.29, 0.717) is 0 Å². The third-order valence-corrected chi connectivity index (χ3v) is 1.16. The number of aliphatic carboxylic acids is 1. The van der Waals surface area contributed by atoms with E-state index in [1.807, 2.05) is 0 Å². The maximum Gasteiger partial charge on any atom is 0.417 e. The Bertz CT molecular complexity index is 300. The highest BCUT2D eigenvalue weighted by atomic mass is 19.4. The van der Waals surface area contributed by atoms with Crippen molar-refractivity contribution in [3.05, 3.63) is 24.0 Å². The van der Waals surface area contributed by atoms with Crippen molar-refractivity contribution in [2.24, 2.45) is 7.05 Å². The van der Waals surface area contributed by atoms with Crippen LogP contribution in [-0.2, 0) is 18.0 Å². The second kappa shape index (κ2) is 4.69. The lowest BCUT2D eigenvalue weighted by Gasteiger charge is -2.00. The Morgan fingerprint density at radius 2 is 1.93 bits per heavy atom. The molecule has 1 aromatic rings. The number of carboxylic acid groups (broad SMARTS) is 1. The van der Waals surface area contributed by atoms with Gasteiger partial charge in [-0.3, -0.25) is 4.79 Å². The van der Waals surface area contributed by atoms with Crippen molar-refractivity contribution < 1.29 is 23.1 Å². The second-order valence-corrected chi connectivity index (χ2v) is 2.58. The summed E-state index contributed by atoms with van der Waals surface area (Å²) in [5, 5.41) is 7.42. The van der Waals surface area contributed by atoms with Crippen molar-refractivity contribution in [2.45, 2.75) is 13.1 Å². The number of halogens is 3. The Balaban J connectivity index is 0.000000364. The minimum absolute atomic E-state index is 0.602. The van der Waals surface area contributed by atoms with Gasteiger partial charge in [0, 0.05) is 26.4 Å². The molecule has 3 nitrogen and oxygen atoms in total. The molecule has 0 radical (unpaired) electrons. The predicted octanol–water partition coefficient (Wildman–Crippen LogP) is 2.13. The lowest BCUT2D eigenvalue weighted by atomic mass is 10.3. The van der Waals surface area contributed by atoms with E-state index < -0.39 is 17.7 Å². The lowest BCUT2D eigenvalue weighted by molar-refractivity contribution is -0.137. The number of nitrogens with zero attached hydrogens (tertiary/aromatic N) is 1. The number of hydrogen-bond acceptors (Lipinski definition) is 1. The number of hydrogen-bond donors (Lipinski definition) is 1. The second-order valence-electron chi connectivity index (χ2n) is 2.58. The molecule has 1 N–H and O–H groups in total. The molecule has 0 spiro atoms. The maximum atomic E-state index is 11.8. The predicted molar refractivity (Wildman–Crippen MR) is 43.7 cm³/mol. The van der Waals surface area contributed by atoms with Gasteiger partial charge in [0.2, 0.25) is 0 Å². The van der Waals surface area contributed by atoms with Crippen molar-refractivity contribution in [3.63, 3.8) is 0 Å². The average Bonchev–Trinajstić information content (AvgIpc) is 2.32. The van der Waals surface area contributed by atoms with Crippen LogP contribution >= 0.6 is 0 Å². The standard InChI is InChI=1S/C6H6F3N.C2H4O2/c1-10-3-2-5(4-10)6(7,8)9;1-2(3)4/h2-4H,1H3;1H3,(H,3,4). The monoisotopic (exact) mass is 209 g/mol. The third kappa shape index (κ3) is 5.23. The van der Waals surface area contributed by atoms with Crippen molar-refractivity contribution in [1.82, 2.24) is 4.57 Å². The summed E-state index contributed by atoms with van der Waals surface area (Å²) in [7, 11) is 1.55. The van der Waals surface area contributed by atoms with Gasteiger partial charge in [-0.2, -0.15) is 13.2 Å². The van der Waals surface area contributed by atoms with Gasteiger partial charge in [0.25, 0.3) is 5.97 Å². The van der Waals surface area contributed by atoms with Crippen LogP contribution in [0, 0.1) is 0 Å². The van der Waals surface area contributed by atoms with Gasteiger partial charge >= 0.3 is 6.18 Å². The van der Waals surface area contributed by atoms with E-state index in [-0.39, 0.29) is 0 Å². The SMILES string of the molecule is CC(=O)O.Cn1ccc(C(F)(F)F)c1. The Hall–Kier alpha value is -1.46. The Morgan fingerprint density at radius 3 is 2.07 bits per heavy atom. The molecule has 0 amide bonds. The minimum Gasteiger partial charge on any atom is -0.481 e. The first-order valence-corrected chi connectivity index (χ1v) is 3.62. The summed E-state index contributed by atoms with van der Waals surface area (Å²) >= 11 is 0. The minimum atomic E-state index is -4.21. The molecule has 6 heteroatoms. The number of aryl methyl sites for hydroxylation is 1. The van der Waals surface area contributed by atoms with E-state index >= 15 is 0 Å². The van der Waals surface area contributed by atoms with E-state index in [1.165, 1.54) is 10.8 Å². The molecule has 0 unspecified atom stereocenters. The molecule has 0 aromatic carbocycles. The summed E-state index contributed by atoms with van der Waals surface area (Å²) in [4.78, 5) is 9.00. The molecule has 0 bridgehead atoms. The van der Waals surface area contributed by atoms with Crippen molar-refractivity contribution in [1.29, 1.82) is 0 Å². The fraction of sp³-hybridized carbons (Fsp3) is 0.375. The van der Waals surface area contributed by atoms with E-state index in [2.05, 4.69) is 0 Å². The van der Waals surface area contributed by atoms with E-state index in [0.717, 1.165) is 19.2 Å². The van der Waals surface area contributed by atoms with E-state index in [1.54, 1.807) is 7.05 Å². The Kier molecular flexibility index (Phi) is 4.20. The molecule has 1 aromatic heterocycles. The quantitative estimate of drug-likeness (QED) is 0.711. The summed E-state index contributed by atoms with van der Waals surface area (Å²) in [6, 6.07) is 1.04. The summed E-state index contributed by atoms with van der Waals surface area (Å²) in [6.07, 6.45) is -1.80. The fourth-order valence-electron chi connectivity index (χ4n) is 0.671. The molecular formula is C8H10F3NO2. The van der Waals surface area contributed by atoms with Gasteiger partial charge in [-0.25, -0.2) is 0 Å². The van der Waals surface area contributed by atoms with Gasteiger partial charge in [-0.15, -0.1) is 0 Å². The van der Waals surface area contributed by atoms with Crippen LogP contribution in [0.2, 0.25) is 0 Å². The van der Waals surface area contributed by atoms with Crippen LogP contribution in [0.4, 0.5) is 13.2 Å². The smallest absolute Gasteiger partial charge is 0.417 e. The number of carboxylic acids is 1. The van der Waals surface area contributed by atoms with Crippen molar-refractivity contribution >= 4 is 5.97 Å². The van der Waals surface area contributed by atoms with E-state index in [4.69, 9.17) is 9.90 Å².